The Morgan fingerprint density at radius 1 is 1.25 bits per heavy atom. The quantitative estimate of drug-likeness (QED) is 0.456. The Kier molecular flexibility index (Phi) is 4.48. The lowest BCUT2D eigenvalue weighted by Crippen LogP contribution is -2.06. The SMILES string of the molecule is COC(=O)c1cc(F)ncc1-c1c(Cl)ccc(Cl)c1Cl. The number of ether oxygens (including phenoxy) is 1. The van der Waals surface area contributed by atoms with Crippen molar-refractivity contribution in [1.29, 1.82) is 0 Å². The zero-order valence-corrected chi connectivity index (χ0v) is 12.4. The van der Waals surface area contributed by atoms with Crippen molar-refractivity contribution in [3.8, 4) is 11.1 Å². The molecule has 0 unspecified atom stereocenters. The summed E-state index contributed by atoms with van der Waals surface area (Å²) in [6, 6.07) is 3.99. The third-order valence-electron chi connectivity index (χ3n) is 2.59. The van der Waals surface area contributed by atoms with Crippen LogP contribution >= 0.6 is 34.8 Å². The number of esters is 1. The van der Waals surface area contributed by atoms with E-state index >= 15 is 0 Å². The minimum atomic E-state index is -0.816. The highest BCUT2D eigenvalue weighted by Crippen LogP contribution is 2.40. The van der Waals surface area contributed by atoms with E-state index in [1.165, 1.54) is 19.2 Å². The van der Waals surface area contributed by atoms with Crippen molar-refractivity contribution >= 4 is 40.8 Å². The molecule has 0 saturated carbocycles. The molecule has 2 rings (SSSR count). The van der Waals surface area contributed by atoms with Crippen molar-refractivity contribution < 1.29 is 13.9 Å². The summed E-state index contributed by atoms with van der Waals surface area (Å²) in [4.78, 5) is 15.2. The lowest BCUT2D eigenvalue weighted by molar-refractivity contribution is 0.0601. The summed E-state index contributed by atoms with van der Waals surface area (Å²) in [5, 5.41) is 0.668. The van der Waals surface area contributed by atoms with Crippen LogP contribution in [0.2, 0.25) is 15.1 Å². The van der Waals surface area contributed by atoms with Gasteiger partial charge in [-0.15, -0.1) is 0 Å². The summed E-state index contributed by atoms with van der Waals surface area (Å²) in [6.45, 7) is 0. The van der Waals surface area contributed by atoms with Crippen molar-refractivity contribution in [1.82, 2.24) is 4.98 Å². The van der Waals surface area contributed by atoms with Gasteiger partial charge in [-0.05, 0) is 12.1 Å². The van der Waals surface area contributed by atoms with Gasteiger partial charge in [0.1, 0.15) is 0 Å². The topological polar surface area (TPSA) is 39.2 Å². The van der Waals surface area contributed by atoms with Gasteiger partial charge in [-0.3, -0.25) is 0 Å². The van der Waals surface area contributed by atoms with E-state index in [1.54, 1.807) is 0 Å². The third kappa shape index (κ3) is 2.73. The van der Waals surface area contributed by atoms with Crippen LogP contribution in [-0.2, 0) is 4.74 Å². The molecule has 0 amide bonds. The number of benzene rings is 1. The first-order valence-electron chi connectivity index (χ1n) is 5.33. The molecule has 0 atom stereocenters. The number of aromatic nitrogens is 1. The summed E-state index contributed by atoms with van der Waals surface area (Å²) >= 11 is 18.1. The molecule has 0 aliphatic rings. The number of hydrogen-bond acceptors (Lipinski definition) is 3. The van der Waals surface area contributed by atoms with Crippen molar-refractivity contribution in [2.45, 2.75) is 0 Å². The van der Waals surface area contributed by atoms with Crippen LogP contribution in [0.15, 0.2) is 24.4 Å². The maximum atomic E-state index is 13.2. The van der Waals surface area contributed by atoms with Gasteiger partial charge in [-0.1, -0.05) is 34.8 Å². The van der Waals surface area contributed by atoms with Gasteiger partial charge in [0.2, 0.25) is 5.95 Å². The van der Waals surface area contributed by atoms with Crippen molar-refractivity contribution in [3.05, 3.63) is 51.0 Å². The largest absolute Gasteiger partial charge is 0.465 e. The van der Waals surface area contributed by atoms with Gasteiger partial charge in [0.15, 0.2) is 0 Å². The number of methoxy groups -OCH3 is 1. The highest BCUT2D eigenvalue weighted by molar-refractivity contribution is 6.46. The molecule has 0 bridgehead atoms. The van der Waals surface area contributed by atoms with E-state index in [-0.39, 0.29) is 26.2 Å². The Morgan fingerprint density at radius 2 is 1.90 bits per heavy atom. The molecule has 0 aliphatic heterocycles. The molecule has 1 aromatic carbocycles. The molecule has 0 aliphatic carbocycles. The van der Waals surface area contributed by atoms with E-state index in [1.807, 2.05) is 0 Å². The van der Waals surface area contributed by atoms with Crippen LogP contribution in [0.25, 0.3) is 11.1 Å². The fraction of sp³-hybridized carbons (Fsp3) is 0.0769. The van der Waals surface area contributed by atoms with Crippen LogP contribution in [-0.4, -0.2) is 18.1 Å². The maximum absolute atomic E-state index is 13.2. The Bertz CT molecular complexity index is 692. The number of carbonyl (C=O) groups is 1. The van der Waals surface area contributed by atoms with E-state index in [0.29, 0.717) is 5.56 Å². The minimum Gasteiger partial charge on any atom is -0.465 e. The lowest BCUT2D eigenvalue weighted by Gasteiger charge is -2.12. The number of nitrogens with zero attached hydrogens (tertiary/aromatic N) is 1. The van der Waals surface area contributed by atoms with Crippen LogP contribution < -0.4 is 0 Å². The molecule has 0 N–H and O–H groups in total. The first kappa shape index (κ1) is 15.0. The van der Waals surface area contributed by atoms with Gasteiger partial charge >= 0.3 is 5.97 Å². The zero-order chi connectivity index (χ0) is 14.9. The normalized spacial score (nSPS) is 10.4. The van der Waals surface area contributed by atoms with Crippen LogP contribution in [0.1, 0.15) is 10.4 Å². The summed E-state index contributed by atoms with van der Waals surface area (Å²) in [6.07, 6.45) is 1.16. The molecular weight excluding hydrogens is 328 g/mol. The smallest absolute Gasteiger partial charge is 0.338 e. The number of carbonyl (C=O) groups excluding carboxylic acids is 1. The Balaban J connectivity index is 2.77. The van der Waals surface area contributed by atoms with Crippen molar-refractivity contribution in [3.63, 3.8) is 0 Å². The van der Waals surface area contributed by atoms with E-state index in [0.717, 1.165) is 12.3 Å². The predicted molar refractivity (Wildman–Crippen MR) is 76.0 cm³/mol. The second-order valence-electron chi connectivity index (χ2n) is 3.76. The third-order valence-corrected chi connectivity index (χ3v) is 3.71. The molecule has 3 nitrogen and oxygen atoms in total. The molecule has 1 aromatic heterocycles. The fourth-order valence-electron chi connectivity index (χ4n) is 1.68. The first-order chi connectivity index (χ1) is 9.45. The van der Waals surface area contributed by atoms with Crippen LogP contribution in [0, 0.1) is 5.95 Å². The molecule has 20 heavy (non-hydrogen) atoms. The molecule has 2 aromatic rings. The number of pyridine rings is 1. The average molecular weight is 335 g/mol. The number of hydrogen-bond donors (Lipinski definition) is 0. The number of halogens is 4. The van der Waals surface area contributed by atoms with Gasteiger partial charge in [-0.2, -0.15) is 4.39 Å². The van der Waals surface area contributed by atoms with E-state index in [2.05, 4.69) is 9.72 Å². The number of rotatable bonds is 2. The Hall–Kier alpha value is -1.36. The predicted octanol–water partition coefficient (Wildman–Crippen LogP) is 4.63. The highest BCUT2D eigenvalue weighted by Gasteiger charge is 2.20. The highest BCUT2D eigenvalue weighted by atomic mass is 35.5. The van der Waals surface area contributed by atoms with Crippen LogP contribution in [0.4, 0.5) is 4.39 Å². The monoisotopic (exact) mass is 333 g/mol. The molecular formula is C13H7Cl3FNO2. The van der Waals surface area contributed by atoms with Gasteiger partial charge in [-0.25, -0.2) is 9.78 Å². The van der Waals surface area contributed by atoms with Gasteiger partial charge in [0, 0.05) is 23.4 Å². The summed E-state index contributed by atoms with van der Waals surface area (Å²) in [7, 11) is 1.19. The standard InChI is InChI=1S/C13H7Cl3FNO2/c1-20-13(19)6-4-10(17)18-5-7(6)11-8(14)2-3-9(15)12(11)16/h2-5H,1H3. The molecule has 1 heterocycles. The molecule has 7 heteroatoms. The van der Waals surface area contributed by atoms with Gasteiger partial charge < -0.3 is 4.74 Å². The van der Waals surface area contributed by atoms with E-state index in [4.69, 9.17) is 34.8 Å². The second kappa shape index (κ2) is 5.95. The second-order valence-corrected chi connectivity index (χ2v) is 4.95. The Labute approximate surface area is 129 Å². The molecule has 104 valence electrons. The molecule has 0 radical (unpaired) electrons. The molecule has 0 fully saturated rings. The Morgan fingerprint density at radius 3 is 2.55 bits per heavy atom. The van der Waals surface area contributed by atoms with Crippen LogP contribution in [0.3, 0.4) is 0 Å². The average Bonchev–Trinajstić information content (AvgIpc) is 2.44. The van der Waals surface area contributed by atoms with Gasteiger partial charge in [0.25, 0.3) is 0 Å². The molecule has 0 saturated heterocycles. The molecule has 0 spiro atoms. The summed E-state index contributed by atoms with van der Waals surface area (Å²) in [5.74, 6) is -1.54. The van der Waals surface area contributed by atoms with E-state index < -0.39 is 11.9 Å². The maximum Gasteiger partial charge on any atom is 0.338 e. The lowest BCUT2D eigenvalue weighted by atomic mass is 10.0. The minimum absolute atomic E-state index is 0.0360. The first-order valence-corrected chi connectivity index (χ1v) is 6.46. The fourth-order valence-corrected chi connectivity index (χ4v) is 2.41. The van der Waals surface area contributed by atoms with E-state index in [9.17, 15) is 9.18 Å². The van der Waals surface area contributed by atoms with Gasteiger partial charge in [0.05, 0.1) is 27.7 Å². The van der Waals surface area contributed by atoms with Crippen molar-refractivity contribution in [2.24, 2.45) is 0 Å². The summed E-state index contributed by atoms with van der Waals surface area (Å²) in [5.41, 5.74) is 0.510. The van der Waals surface area contributed by atoms with Crippen LogP contribution in [0.5, 0.6) is 0 Å². The summed E-state index contributed by atoms with van der Waals surface area (Å²) < 4.78 is 17.8. The van der Waals surface area contributed by atoms with Crippen molar-refractivity contribution in [2.75, 3.05) is 7.11 Å². The zero-order valence-electron chi connectivity index (χ0n) is 10.1.